The van der Waals surface area contributed by atoms with Gasteiger partial charge in [0.05, 0.1) is 25.4 Å². The second kappa shape index (κ2) is 68.1. The van der Waals surface area contributed by atoms with E-state index in [1.807, 2.05) is 0 Å². The molecule has 1 amide bonds. The Balaban J connectivity index is 3.40. The van der Waals surface area contributed by atoms with Crippen LogP contribution in [-0.4, -0.2) is 47.4 Å². The van der Waals surface area contributed by atoms with Crippen LogP contribution in [0, 0.1) is 0 Å². The molecule has 6 nitrogen and oxygen atoms in total. The van der Waals surface area contributed by atoms with Gasteiger partial charge in [-0.1, -0.05) is 360 Å². The second-order valence-electron chi connectivity index (χ2n) is 24.9. The number of allylic oxidation sites excluding steroid dienone is 2. The smallest absolute Gasteiger partial charge is 0.305 e. The van der Waals surface area contributed by atoms with Gasteiger partial charge in [0.2, 0.25) is 5.91 Å². The summed E-state index contributed by atoms with van der Waals surface area (Å²) in [5.41, 5.74) is 0. The van der Waals surface area contributed by atoms with Gasteiger partial charge in [0.15, 0.2) is 0 Å². The van der Waals surface area contributed by atoms with Gasteiger partial charge in [0.25, 0.3) is 0 Å². The predicted octanol–water partition coefficient (Wildman–Crippen LogP) is 23.1. The van der Waals surface area contributed by atoms with Crippen LogP contribution < -0.4 is 5.32 Å². The average molecular weight is 1100 g/mol. The highest BCUT2D eigenvalue weighted by molar-refractivity contribution is 5.76. The zero-order chi connectivity index (χ0) is 56.4. The molecule has 0 bridgehead atoms. The summed E-state index contributed by atoms with van der Waals surface area (Å²) in [5.74, 6) is -0.0229. The normalized spacial score (nSPS) is 12.5. The Morgan fingerprint density at radius 2 is 0.603 bits per heavy atom. The SMILES string of the molecule is CCCCCCCCCCCCCCCCCCCCCCCCCCCC(O)C(CO)NC(=O)CCCCCCCCC/C=C\CCCCCCCCCCCCCOC(=O)CCCCCCCCCCCCCCCC. The third kappa shape index (κ3) is 63.8. The van der Waals surface area contributed by atoms with Crippen molar-refractivity contribution in [1.29, 1.82) is 0 Å². The molecule has 6 heteroatoms. The summed E-state index contributed by atoms with van der Waals surface area (Å²) in [4.78, 5) is 24.6. The first-order valence-corrected chi connectivity index (χ1v) is 35.9. The molecule has 0 aromatic rings. The van der Waals surface area contributed by atoms with Crippen LogP contribution in [0.25, 0.3) is 0 Å². The summed E-state index contributed by atoms with van der Waals surface area (Å²) in [5, 5.41) is 23.4. The van der Waals surface area contributed by atoms with E-state index in [0.717, 1.165) is 38.5 Å². The lowest BCUT2D eigenvalue weighted by Crippen LogP contribution is -2.45. The number of esters is 1. The van der Waals surface area contributed by atoms with E-state index in [2.05, 4.69) is 31.3 Å². The Bertz CT molecular complexity index is 1180. The molecule has 0 aromatic heterocycles. The summed E-state index contributed by atoms with van der Waals surface area (Å²) in [6.07, 6.45) is 84.0. The maximum Gasteiger partial charge on any atom is 0.305 e. The van der Waals surface area contributed by atoms with Gasteiger partial charge >= 0.3 is 5.97 Å². The van der Waals surface area contributed by atoms with Crippen molar-refractivity contribution in [2.45, 2.75) is 424 Å². The molecule has 0 heterocycles. The highest BCUT2D eigenvalue weighted by Gasteiger charge is 2.20. The number of carbonyl (C=O) groups is 2. The molecule has 0 saturated heterocycles. The Morgan fingerprint density at radius 3 is 0.910 bits per heavy atom. The Kier molecular flexibility index (Phi) is 66.9. The number of nitrogens with one attached hydrogen (secondary N) is 1. The number of aliphatic hydroxyl groups is 2. The lowest BCUT2D eigenvalue weighted by molar-refractivity contribution is -0.143. The first kappa shape index (κ1) is 76.6. The zero-order valence-corrected chi connectivity index (χ0v) is 53.2. The molecule has 0 fully saturated rings. The van der Waals surface area contributed by atoms with E-state index in [0.29, 0.717) is 25.9 Å². The monoisotopic (exact) mass is 1100 g/mol. The number of hydrogen-bond acceptors (Lipinski definition) is 5. The van der Waals surface area contributed by atoms with E-state index in [1.54, 1.807) is 0 Å². The van der Waals surface area contributed by atoms with Gasteiger partial charge in [0.1, 0.15) is 0 Å². The Labute approximate surface area is 489 Å². The minimum atomic E-state index is -0.670. The first-order chi connectivity index (χ1) is 38.5. The van der Waals surface area contributed by atoms with Crippen LogP contribution in [0.15, 0.2) is 12.2 Å². The molecule has 0 aliphatic carbocycles. The van der Waals surface area contributed by atoms with Crippen LogP contribution in [-0.2, 0) is 14.3 Å². The van der Waals surface area contributed by atoms with Crippen LogP contribution in [0.4, 0.5) is 0 Å². The van der Waals surface area contributed by atoms with Gasteiger partial charge in [0, 0.05) is 12.8 Å². The van der Waals surface area contributed by atoms with Crippen molar-refractivity contribution in [1.82, 2.24) is 5.32 Å². The van der Waals surface area contributed by atoms with Crippen molar-refractivity contribution in [3.05, 3.63) is 12.2 Å². The fourth-order valence-electron chi connectivity index (χ4n) is 11.6. The predicted molar refractivity (Wildman–Crippen MR) is 343 cm³/mol. The van der Waals surface area contributed by atoms with E-state index < -0.39 is 12.1 Å². The quantitative estimate of drug-likeness (QED) is 0.0320. The van der Waals surface area contributed by atoms with Gasteiger partial charge in [-0.05, 0) is 51.4 Å². The molecule has 0 aromatic carbocycles. The van der Waals surface area contributed by atoms with E-state index in [9.17, 15) is 19.8 Å². The maximum absolute atomic E-state index is 12.6. The molecule has 3 N–H and O–H groups in total. The van der Waals surface area contributed by atoms with Crippen molar-refractivity contribution in [3.8, 4) is 0 Å². The van der Waals surface area contributed by atoms with E-state index >= 15 is 0 Å². The molecule has 0 saturated carbocycles. The molecular formula is C72H141NO5. The number of hydrogen-bond donors (Lipinski definition) is 3. The second-order valence-corrected chi connectivity index (χ2v) is 24.9. The Morgan fingerprint density at radius 1 is 0.346 bits per heavy atom. The fourth-order valence-corrected chi connectivity index (χ4v) is 11.6. The third-order valence-electron chi connectivity index (χ3n) is 17.1. The number of amides is 1. The van der Waals surface area contributed by atoms with Crippen LogP contribution in [0.3, 0.4) is 0 Å². The van der Waals surface area contributed by atoms with E-state index in [1.165, 1.54) is 340 Å². The first-order valence-electron chi connectivity index (χ1n) is 35.9. The topological polar surface area (TPSA) is 95.9 Å². The molecule has 0 aliphatic heterocycles. The van der Waals surface area contributed by atoms with Crippen LogP contribution >= 0.6 is 0 Å². The van der Waals surface area contributed by atoms with E-state index in [-0.39, 0.29) is 18.5 Å². The Hall–Kier alpha value is -1.40. The number of carbonyl (C=O) groups excluding carboxylic acids is 2. The van der Waals surface area contributed by atoms with Gasteiger partial charge in [-0.25, -0.2) is 0 Å². The molecule has 464 valence electrons. The summed E-state index contributed by atoms with van der Waals surface area (Å²) in [7, 11) is 0. The molecule has 0 rings (SSSR count). The minimum Gasteiger partial charge on any atom is -0.466 e. The highest BCUT2D eigenvalue weighted by Crippen LogP contribution is 2.19. The standard InChI is InChI=1S/C72H141NO5/c1-3-5-7-9-11-13-15-17-19-20-21-22-23-24-25-28-31-34-37-40-44-48-52-56-60-64-70(75)69(68-74)73-71(76)65-61-57-53-49-45-41-38-35-32-29-26-27-30-33-36-39-43-47-51-55-59-63-67-78-72(77)66-62-58-54-50-46-42-18-16-14-12-10-8-6-4-2/h29,32,69-70,74-75H,3-28,30-31,33-68H2,1-2H3,(H,73,76)/b32-29-. The van der Waals surface area contributed by atoms with Crippen molar-refractivity contribution in [3.63, 3.8) is 0 Å². The zero-order valence-electron chi connectivity index (χ0n) is 53.2. The van der Waals surface area contributed by atoms with Gasteiger partial charge in [-0.15, -0.1) is 0 Å². The largest absolute Gasteiger partial charge is 0.466 e. The van der Waals surface area contributed by atoms with Crippen molar-refractivity contribution in [2.24, 2.45) is 0 Å². The van der Waals surface area contributed by atoms with E-state index in [4.69, 9.17) is 4.74 Å². The van der Waals surface area contributed by atoms with Crippen LogP contribution in [0.2, 0.25) is 0 Å². The van der Waals surface area contributed by atoms with Crippen molar-refractivity contribution < 1.29 is 24.5 Å². The van der Waals surface area contributed by atoms with Crippen molar-refractivity contribution in [2.75, 3.05) is 13.2 Å². The molecule has 78 heavy (non-hydrogen) atoms. The van der Waals surface area contributed by atoms with Gasteiger partial charge in [-0.2, -0.15) is 0 Å². The molecule has 2 atom stereocenters. The molecule has 2 unspecified atom stereocenters. The number of aliphatic hydroxyl groups excluding tert-OH is 2. The minimum absolute atomic E-state index is 0.0136. The molecular weight excluding hydrogens is 959 g/mol. The van der Waals surface area contributed by atoms with Crippen LogP contribution in [0.5, 0.6) is 0 Å². The summed E-state index contributed by atoms with van der Waals surface area (Å²) in [6, 6.07) is -0.547. The average Bonchev–Trinajstić information content (AvgIpc) is 3.44. The lowest BCUT2D eigenvalue weighted by Gasteiger charge is -2.22. The summed E-state index contributed by atoms with van der Waals surface area (Å²) >= 11 is 0. The molecule has 0 spiro atoms. The fraction of sp³-hybridized carbons (Fsp3) is 0.944. The number of ether oxygens (including phenoxy) is 1. The number of rotatable bonds is 68. The van der Waals surface area contributed by atoms with Crippen molar-refractivity contribution >= 4 is 11.9 Å². The molecule has 0 radical (unpaired) electrons. The summed E-state index contributed by atoms with van der Waals surface area (Å²) < 4.78 is 5.49. The van der Waals surface area contributed by atoms with Gasteiger partial charge in [-0.3, -0.25) is 9.59 Å². The van der Waals surface area contributed by atoms with Gasteiger partial charge < -0.3 is 20.3 Å². The van der Waals surface area contributed by atoms with Crippen LogP contribution in [0.1, 0.15) is 412 Å². The molecule has 0 aliphatic rings. The summed E-state index contributed by atoms with van der Waals surface area (Å²) in [6.45, 7) is 4.99. The number of unbranched alkanes of at least 4 members (excludes halogenated alkanes) is 55. The lowest BCUT2D eigenvalue weighted by atomic mass is 10.0. The third-order valence-corrected chi connectivity index (χ3v) is 17.1. The maximum atomic E-state index is 12.6. The highest BCUT2D eigenvalue weighted by atomic mass is 16.5.